The lowest BCUT2D eigenvalue weighted by atomic mass is 10.2. The minimum atomic E-state index is 0.868. The molecule has 0 fully saturated rings. The summed E-state index contributed by atoms with van der Waals surface area (Å²) in [5.41, 5.74) is 0.868. The van der Waals surface area contributed by atoms with E-state index in [4.69, 9.17) is 0 Å². The van der Waals surface area contributed by atoms with Crippen molar-refractivity contribution in [1.29, 1.82) is 0 Å². The van der Waals surface area contributed by atoms with E-state index in [0.29, 0.717) is 0 Å². The molecule has 0 saturated heterocycles. The van der Waals surface area contributed by atoms with Gasteiger partial charge in [-0.15, -0.1) is 0 Å². The summed E-state index contributed by atoms with van der Waals surface area (Å²) < 4.78 is 0. The van der Waals surface area contributed by atoms with E-state index in [2.05, 4.69) is 6.92 Å². The standard InChI is InChI=1S/C8H15NO/c1-4-5-8(7-10)6-9(2)3/h6-7H,4-5H2,1-3H3/b8-6-. The van der Waals surface area contributed by atoms with Gasteiger partial charge in [0.15, 0.2) is 0 Å². The number of hydrogen-bond acceptors (Lipinski definition) is 2. The molecule has 0 heterocycles. The van der Waals surface area contributed by atoms with Gasteiger partial charge in [0.05, 0.1) is 0 Å². The molecule has 0 rings (SSSR count). The van der Waals surface area contributed by atoms with Gasteiger partial charge in [-0.2, -0.15) is 0 Å². The lowest BCUT2D eigenvalue weighted by molar-refractivity contribution is -0.105. The second kappa shape index (κ2) is 5.03. The molecule has 0 aliphatic rings. The van der Waals surface area contributed by atoms with E-state index in [0.717, 1.165) is 24.7 Å². The first-order valence-electron chi connectivity index (χ1n) is 3.53. The molecule has 0 N–H and O–H groups in total. The van der Waals surface area contributed by atoms with Gasteiger partial charge < -0.3 is 4.90 Å². The number of rotatable bonds is 4. The second-order valence-corrected chi connectivity index (χ2v) is 2.54. The van der Waals surface area contributed by atoms with Crippen LogP contribution >= 0.6 is 0 Å². The highest BCUT2D eigenvalue weighted by molar-refractivity contribution is 5.72. The van der Waals surface area contributed by atoms with E-state index in [1.807, 2.05) is 25.2 Å². The van der Waals surface area contributed by atoms with Crippen molar-refractivity contribution in [2.75, 3.05) is 14.1 Å². The van der Waals surface area contributed by atoms with Gasteiger partial charge >= 0.3 is 0 Å². The van der Waals surface area contributed by atoms with E-state index >= 15 is 0 Å². The molecule has 0 aliphatic carbocycles. The highest BCUT2D eigenvalue weighted by atomic mass is 16.1. The van der Waals surface area contributed by atoms with Gasteiger partial charge in [-0.05, 0) is 6.42 Å². The van der Waals surface area contributed by atoms with E-state index in [1.54, 1.807) is 0 Å². The van der Waals surface area contributed by atoms with Gasteiger partial charge in [0.1, 0.15) is 6.29 Å². The Morgan fingerprint density at radius 1 is 1.50 bits per heavy atom. The minimum absolute atomic E-state index is 0.868. The molecular weight excluding hydrogens is 126 g/mol. The van der Waals surface area contributed by atoms with Crippen LogP contribution in [0.4, 0.5) is 0 Å². The minimum Gasteiger partial charge on any atom is -0.383 e. The van der Waals surface area contributed by atoms with Gasteiger partial charge in [0.2, 0.25) is 0 Å². The Balaban J connectivity index is 3.90. The maximum absolute atomic E-state index is 10.3. The van der Waals surface area contributed by atoms with Crippen LogP contribution < -0.4 is 0 Å². The maximum atomic E-state index is 10.3. The molecule has 0 atom stereocenters. The number of nitrogens with zero attached hydrogens (tertiary/aromatic N) is 1. The number of aldehydes is 1. The van der Waals surface area contributed by atoms with Crippen LogP contribution in [0.25, 0.3) is 0 Å². The van der Waals surface area contributed by atoms with Crippen LogP contribution in [0.2, 0.25) is 0 Å². The number of hydrogen-bond donors (Lipinski definition) is 0. The lowest BCUT2D eigenvalue weighted by Crippen LogP contribution is -2.03. The molecule has 58 valence electrons. The Labute approximate surface area is 62.5 Å². The van der Waals surface area contributed by atoms with Crippen LogP contribution in [0.3, 0.4) is 0 Å². The molecule has 0 unspecified atom stereocenters. The summed E-state index contributed by atoms with van der Waals surface area (Å²) in [6.45, 7) is 2.06. The van der Waals surface area contributed by atoms with E-state index in [1.165, 1.54) is 0 Å². The van der Waals surface area contributed by atoms with Crippen molar-refractivity contribution in [2.24, 2.45) is 0 Å². The smallest absolute Gasteiger partial charge is 0.147 e. The summed E-state index contributed by atoms with van der Waals surface area (Å²) in [6.07, 6.45) is 4.68. The fourth-order valence-electron chi connectivity index (χ4n) is 0.774. The van der Waals surface area contributed by atoms with Crippen LogP contribution in [0.15, 0.2) is 11.8 Å². The average molecular weight is 141 g/mol. The van der Waals surface area contributed by atoms with Gasteiger partial charge in [0, 0.05) is 25.9 Å². The highest BCUT2D eigenvalue weighted by Gasteiger charge is 1.92. The number of carbonyl (C=O) groups excluding carboxylic acids is 1. The average Bonchev–Trinajstić information content (AvgIpc) is 1.86. The monoisotopic (exact) mass is 141 g/mol. The molecule has 0 aromatic rings. The Kier molecular flexibility index (Phi) is 4.63. The SMILES string of the molecule is CCC/C(C=O)=C/N(C)C. The van der Waals surface area contributed by atoms with Crippen molar-refractivity contribution in [2.45, 2.75) is 19.8 Å². The van der Waals surface area contributed by atoms with E-state index < -0.39 is 0 Å². The third kappa shape index (κ3) is 4.13. The molecule has 0 aromatic heterocycles. The number of carbonyl (C=O) groups is 1. The summed E-state index contributed by atoms with van der Waals surface area (Å²) in [7, 11) is 3.83. The van der Waals surface area contributed by atoms with Gasteiger partial charge in [0.25, 0.3) is 0 Å². The molecular formula is C8H15NO. The Bertz CT molecular complexity index is 127. The predicted octanol–water partition coefficient (Wildman–Crippen LogP) is 1.43. The van der Waals surface area contributed by atoms with Gasteiger partial charge in [-0.3, -0.25) is 4.79 Å². The quantitative estimate of drug-likeness (QED) is 0.436. The third-order valence-corrected chi connectivity index (χ3v) is 1.11. The van der Waals surface area contributed by atoms with E-state index in [9.17, 15) is 4.79 Å². The summed E-state index contributed by atoms with van der Waals surface area (Å²) >= 11 is 0. The normalized spacial score (nSPS) is 11.3. The van der Waals surface area contributed by atoms with Crippen molar-refractivity contribution in [3.8, 4) is 0 Å². The summed E-state index contributed by atoms with van der Waals surface area (Å²) in [6, 6.07) is 0. The fraction of sp³-hybridized carbons (Fsp3) is 0.625. The maximum Gasteiger partial charge on any atom is 0.147 e. The molecule has 2 nitrogen and oxygen atoms in total. The molecule has 0 amide bonds. The topological polar surface area (TPSA) is 20.3 Å². The van der Waals surface area contributed by atoms with Crippen LogP contribution in [0.1, 0.15) is 19.8 Å². The molecule has 0 aliphatic heterocycles. The van der Waals surface area contributed by atoms with E-state index in [-0.39, 0.29) is 0 Å². The Morgan fingerprint density at radius 3 is 2.40 bits per heavy atom. The molecule has 2 heteroatoms. The molecule has 0 aromatic carbocycles. The van der Waals surface area contributed by atoms with Crippen molar-refractivity contribution < 1.29 is 4.79 Å². The first kappa shape index (κ1) is 9.21. The zero-order chi connectivity index (χ0) is 7.98. The predicted molar refractivity (Wildman–Crippen MR) is 42.7 cm³/mol. The van der Waals surface area contributed by atoms with Crippen LogP contribution in [-0.4, -0.2) is 25.3 Å². The van der Waals surface area contributed by atoms with Gasteiger partial charge in [-0.1, -0.05) is 13.3 Å². The van der Waals surface area contributed by atoms with Crippen molar-refractivity contribution in [3.63, 3.8) is 0 Å². The second-order valence-electron chi connectivity index (χ2n) is 2.54. The van der Waals surface area contributed by atoms with Crippen LogP contribution in [-0.2, 0) is 4.79 Å². The molecule has 0 saturated carbocycles. The molecule has 0 bridgehead atoms. The fourth-order valence-corrected chi connectivity index (χ4v) is 0.774. The van der Waals surface area contributed by atoms with Gasteiger partial charge in [-0.25, -0.2) is 0 Å². The summed E-state index contributed by atoms with van der Waals surface area (Å²) in [5.74, 6) is 0. The highest BCUT2D eigenvalue weighted by Crippen LogP contribution is 2.00. The first-order valence-corrected chi connectivity index (χ1v) is 3.53. The molecule has 0 radical (unpaired) electrons. The van der Waals surface area contributed by atoms with Crippen molar-refractivity contribution in [3.05, 3.63) is 11.8 Å². The lowest BCUT2D eigenvalue weighted by Gasteiger charge is -2.05. The Hall–Kier alpha value is -0.790. The summed E-state index contributed by atoms with van der Waals surface area (Å²) in [5, 5.41) is 0. The largest absolute Gasteiger partial charge is 0.383 e. The van der Waals surface area contributed by atoms with Crippen LogP contribution in [0, 0.1) is 0 Å². The van der Waals surface area contributed by atoms with Crippen LogP contribution in [0.5, 0.6) is 0 Å². The molecule has 10 heavy (non-hydrogen) atoms. The third-order valence-electron chi connectivity index (χ3n) is 1.11. The number of allylic oxidation sites excluding steroid dienone is 1. The Morgan fingerprint density at radius 2 is 2.10 bits per heavy atom. The van der Waals surface area contributed by atoms with Crippen molar-refractivity contribution >= 4 is 6.29 Å². The summed E-state index contributed by atoms with van der Waals surface area (Å²) in [4.78, 5) is 12.2. The molecule has 0 spiro atoms. The zero-order valence-electron chi connectivity index (χ0n) is 6.92. The zero-order valence-corrected chi connectivity index (χ0v) is 6.92. The first-order chi connectivity index (χ1) is 4.70. The van der Waals surface area contributed by atoms with Crippen molar-refractivity contribution in [1.82, 2.24) is 4.90 Å².